The van der Waals surface area contributed by atoms with E-state index in [0.717, 1.165) is 5.56 Å². The molecule has 0 radical (unpaired) electrons. The summed E-state index contributed by atoms with van der Waals surface area (Å²) in [5.74, 6) is 0.0199. The molecule has 2 aromatic carbocycles. The van der Waals surface area contributed by atoms with Gasteiger partial charge in [-0.25, -0.2) is 0 Å². The van der Waals surface area contributed by atoms with Gasteiger partial charge in [0.15, 0.2) is 5.78 Å². The first-order chi connectivity index (χ1) is 9.60. The largest absolute Gasteiger partial charge is 0.294 e. The molecule has 2 aromatic rings. The average Bonchev–Trinajstić information content (AvgIpc) is 2.47. The van der Waals surface area contributed by atoms with Crippen molar-refractivity contribution >= 4 is 40.7 Å². The molecule has 0 heterocycles. The van der Waals surface area contributed by atoms with Gasteiger partial charge in [-0.1, -0.05) is 35.3 Å². The molecule has 2 rings (SSSR count). The van der Waals surface area contributed by atoms with Gasteiger partial charge in [0, 0.05) is 21.9 Å². The zero-order valence-electron chi connectivity index (χ0n) is 11.0. The van der Waals surface area contributed by atoms with E-state index < -0.39 is 0 Å². The Morgan fingerprint density at radius 2 is 1.80 bits per heavy atom. The average molecular weight is 325 g/mol. The molecule has 0 aliphatic carbocycles. The topological polar surface area (TPSA) is 17.1 Å². The van der Waals surface area contributed by atoms with Crippen molar-refractivity contribution in [3.8, 4) is 0 Å². The highest BCUT2D eigenvalue weighted by Gasteiger charge is 2.11. The summed E-state index contributed by atoms with van der Waals surface area (Å²) in [5.41, 5.74) is 1.65. The van der Waals surface area contributed by atoms with E-state index in [1.807, 2.05) is 6.26 Å². The number of carbonyl (C=O) groups is 1. The van der Waals surface area contributed by atoms with Crippen LogP contribution in [0.2, 0.25) is 10.0 Å². The fraction of sp³-hybridized carbons (Fsp3) is 0.188. The van der Waals surface area contributed by atoms with E-state index in [-0.39, 0.29) is 5.78 Å². The van der Waals surface area contributed by atoms with Gasteiger partial charge in [0.05, 0.1) is 5.02 Å². The first-order valence-electron chi connectivity index (χ1n) is 6.21. The summed E-state index contributed by atoms with van der Waals surface area (Å²) in [6.45, 7) is 0. The third kappa shape index (κ3) is 4.02. The van der Waals surface area contributed by atoms with Gasteiger partial charge in [-0.15, -0.1) is 11.8 Å². The summed E-state index contributed by atoms with van der Waals surface area (Å²) in [7, 11) is 0. The minimum atomic E-state index is 0.0199. The van der Waals surface area contributed by atoms with Gasteiger partial charge in [0.25, 0.3) is 0 Å². The minimum Gasteiger partial charge on any atom is -0.294 e. The standard InChI is InChI=1S/C16H14Cl2OS/c1-20-13-6-2-11(3-7-13)4-9-16(19)14-10-12(17)5-8-15(14)18/h2-3,5-8,10H,4,9H2,1H3. The lowest BCUT2D eigenvalue weighted by Gasteiger charge is -2.05. The zero-order chi connectivity index (χ0) is 14.5. The molecule has 0 saturated carbocycles. The van der Waals surface area contributed by atoms with Crippen molar-refractivity contribution in [2.45, 2.75) is 17.7 Å². The van der Waals surface area contributed by atoms with Gasteiger partial charge < -0.3 is 0 Å². The monoisotopic (exact) mass is 324 g/mol. The summed E-state index contributed by atoms with van der Waals surface area (Å²) in [6, 6.07) is 13.2. The summed E-state index contributed by atoms with van der Waals surface area (Å²) in [6.07, 6.45) is 3.18. The van der Waals surface area contributed by atoms with Gasteiger partial charge in [-0.3, -0.25) is 4.79 Å². The lowest BCUT2D eigenvalue weighted by Crippen LogP contribution is -2.02. The number of thioether (sulfide) groups is 1. The van der Waals surface area contributed by atoms with E-state index >= 15 is 0 Å². The Balaban J connectivity index is 2.02. The molecule has 20 heavy (non-hydrogen) atoms. The minimum absolute atomic E-state index is 0.0199. The molecule has 0 atom stereocenters. The maximum absolute atomic E-state index is 12.2. The Hall–Kier alpha value is -0.960. The summed E-state index contributed by atoms with van der Waals surface area (Å²) >= 11 is 13.6. The van der Waals surface area contributed by atoms with Crippen molar-refractivity contribution in [3.05, 3.63) is 63.6 Å². The maximum Gasteiger partial charge on any atom is 0.164 e. The highest BCUT2D eigenvalue weighted by molar-refractivity contribution is 7.98. The normalized spacial score (nSPS) is 10.6. The van der Waals surface area contributed by atoms with Crippen LogP contribution >= 0.6 is 35.0 Å². The number of hydrogen-bond acceptors (Lipinski definition) is 2. The van der Waals surface area contributed by atoms with E-state index in [9.17, 15) is 4.79 Å². The van der Waals surface area contributed by atoms with Crippen molar-refractivity contribution in [3.63, 3.8) is 0 Å². The SMILES string of the molecule is CSc1ccc(CCC(=O)c2cc(Cl)ccc2Cl)cc1. The fourth-order valence-electron chi connectivity index (χ4n) is 1.90. The first-order valence-corrected chi connectivity index (χ1v) is 8.19. The van der Waals surface area contributed by atoms with Gasteiger partial charge >= 0.3 is 0 Å². The number of carbonyl (C=O) groups excluding carboxylic acids is 1. The number of hydrogen-bond donors (Lipinski definition) is 0. The molecule has 0 fully saturated rings. The Labute approximate surface area is 133 Å². The van der Waals surface area contributed by atoms with Gasteiger partial charge in [-0.2, -0.15) is 0 Å². The van der Waals surface area contributed by atoms with Crippen molar-refractivity contribution in [2.75, 3.05) is 6.26 Å². The predicted molar refractivity (Wildman–Crippen MR) is 87.3 cm³/mol. The van der Waals surface area contributed by atoms with Crippen molar-refractivity contribution in [1.82, 2.24) is 0 Å². The van der Waals surface area contributed by atoms with Gasteiger partial charge in [0.2, 0.25) is 0 Å². The second-order valence-corrected chi connectivity index (χ2v) is 6.12. The summed E-state index contributed by atoms with van der Waals surface area (Å²) in [5, 5.41) is 0.985. The molecule has 0 unspecified atom stereocenters. The Bertz CT molecular complexity index is 608. The lowest BCUT2D eigenvalue weighted by atomic mass is 10.0. The predicted octanol–water partition coefficient (Wildman–Crippen LogP) is 5.53. The van der Waals surface area contributed by atoms with Crippen LogP contribution in [-0.2, 0) is 6.42 Å². The van der Waals surface area contributed by atoms with Crippen molar-refractivity contribution in [1.29, 1.82) is 0 Å². The molecule has 0 saturated heterocycles. The van der Waals surface area contributed by atoms with Crippen LogP contribution in [-0.4, -0.2) is 12.0 Å². The van der Waals surface area contributed by atoms with E-state index in [1.165, 1.54) is 4.90 Å². The number of ketones is 1. The maximum atomic E-state index is 12.2. The van der Waals surface area contributed by atoms with Crippen LogP contribution in [0.4, 0.5) is 0 Å². The number of halogens is 2. The van der Waals surface area contributed by atoms with Crippen LogP contribution in [0, 0.1) is 0 Å². The molecule has 0 spiro atoms. The molecular formula is C16H14Cl2OS. The van der Waals surface area contributed by atoms with Crippen LogP contribution in [0.3, 0.4) is 0 Å². The number of rotatable bonds is 5. The van der Waals surface area contributed by atoms with Crippen LogP contribution in [0.25, 0.3) is 0 Å². The van der Waals surface area contributed by atoms with E-state index in [0.29, 0.717) is 28.5 Å². The first kappa shape index (κ1) is 15.4. The molecular weight excluding hydrogens is 311 g/mol. The fourth-order valence-corrected chi connectivity index (χ4v) is 2.70. The number of aryl methyl sites for hydroxylation is 1. The highest BCUT2D eigenvalue weighted by Crippen LogP contribution is 2.23. The number of benzene rings is 2. The molecule has 0 bridgehead atoms. The third-order valence-corrected chi connectivity index (χ3v) is 4.34. The van der Waals surface area contributed by atoms with Crippen molar-refractivity contribution < 1.29 is 4.79 Å². The highest BCUT2D eigenvalue weighted by atomic mass is 35.5. The molecule has 4 heteroatoms. The second kappa shape index (κ2) is 7.16. The molecule has 0 aliphatic rings. The Kier molecular flexibility index (Phi) is 5.53. The van der Waals surface area contributed by atoms with Crippen LogP contribution in [0.5, 0.6) is 0 Å². The third-order valence-electron chi connectivity index (χ3n) is 3.03. The molecule has 104 valence electrons. The smallest absolute Gasteiger partial charge is 0.164 e. The molecule has 0 aliphatic heterocycles. The summed E-state index contributed by atoms with van der Waals surface area (Å²) in [4.78, 5) is 13.4. The Morgan fingerprint density at radius 1 is 1.10 bits per heavy atom. The van der Waals surface area contributed by atoms with E-state index in [4.69, 9.17) is 23.2 Å². The molecule has 1 nitrogen and oxygen atoms in total. The van der Waals surface area contributed by atoms with Gasteiger partial charge in [-0.05, 0) is 48.6 Å². The van der Waals surface area contributed by atoms with E-state index in [2.05, 4.69) is 24.3 Å². The summed E-state index contributed by atoms with van der Waals surface area (Å²) < 4.78 is 0. The lowest BCUT2D eigenvalue weighted by molar-refractivity contribution is 0.0983. The molecule has 0 aromatic heterocycles. The van der Waals surface area contributed by atoms with Crippen molar-refractivity contribution in [2.24, 2.45) is 0 Å². The zero-order valence-corrected chi connectivity index (χ0v) is 13.4. The number of Topliss-reactive ketones (excluding diaryl/α,β-unsaturated/α-hetero) is 1. The quantitative estimate of drug-likeness (QED) is 0.531. The van der Waals surface area contributed by atoms with Gasteiger partial charge in [0.1, 0.15) is 0 Å². The van der Waals surface area contributed by atoms with Crippen LogP contribution < -0.4 is 0 Å². The Morgan fingerprint density at radius 3 is 2.45 bits per heavy atom. The van der Waals surface area contributed by atoms with E-state index in [1.54, 1.807) is 30.0 Å². The van der Waals surface area contributed by atoms with Crippen LogP contribution in [0.15, 0.2) is 47.4 Å². The van der Waals surface area contributed by atoms with Crippen LogP contribution in [0.1, 0.15) is 22.3 Å². The molecule has 0 amide bonds. The molecule has 0 N–H and O–H groups in total. The second-order valence-electron chi connectivity index (χ2n) is 4.40.